The number of aliphatic hydroxyl groups is 4. The van der Waals surface area contributed by atoms with E-state index in [4.69, 9.17) is 26.0 Å². The lowest BCUT2D eigenvalue weighted by Crippen LogP contribution is -2.60. The molecular formula is C16H30N2O9. The molecule has 0 aromatic heterocycles. The van der Waals surface area contributed by atoms with Crippen LogP contribution in [-0.4, -0.2) is 80.9 Å². The zero-order valence-corrected chi connectivity index (χ0v) is 15.2. The van der Waals surface area contributed by atoms with Gasteiger partial charge in [0.15, 0.2) is 0 Å². The Morgan fingerprint density at radius 2 is 2.00 bits per heavy atom. The van der Waals surface area contributed by atoms with Gasteiger partial charge in [-0.25, -0.2) is 4.79 Å². The third-order valence-electron chi connectivity index (χ3n) is 4.60. The van der Waals surface area contributed by atoms with E-state index in [-0.39, 0.29) is 6.42 Å². The number of nitrogens with two attached hydrogens (primary N) is 2. The maximum Gasteiger partial charge on any atom is 0.364 e. The molecule has 0 amide bonds. The summed E-state index contributed by atoms with van der Waals surface area (Å²) >= 11 is 0. The minimum atomic E-state index is -2.68. The highest BCUT2D eigenvalue weighted by molar-refractivity contribution is 5.75. The molecule has 0 bridgehead atoms. The number of rotatable bonds is 10. The number of hydrogen-bond acceptors (Lipinski definition) is 10. The quantitative estimate of drug-likeness (QED) is 0.152. The summed E-state index contributed by atoms with van der Waals surface area (Å²) in [6.45, 7) is 1.70. The van der Waals surface area contributed by atoms with Crippen molar-refractivity contribution in [1.29, 1.82) is 0 Å². The zero-order chi connectivity index (χ0) is 20.8. The molecule has 0 aromatic rings. The number of hydrogen-bond donors (Lipinski definition) is 7. The lowest BCUT2D eigenvalue weighted by atomic mass is 9.83. The van der Waals surface area contributed by atoms with Gasteiger partial charge in [-0.15, -0.1) is 0 Å². The number of carboxylic acids is 1. The van der Waals surface area contributed by atoms with E-state index in [1.165, 1.54) is 0 Å². The molecule has 0 aromatic carbocycles. The van der Waals surface area contributed by atoms with Crippen molar-refractivity contribution >= 4 is 11.9 Å². The molecule has 1 fully saturated rings. The Bertz CT molecular complexity index is 504. The molecule has 0 spiro atoms. The molecule has 0 radical (unpaired) electrons. The van der Waals surface area contributed by atoms with Gasteiger partial charge in [0, 0.05) is 12.8 Å². The molecule has 0 aliphatic carbocycles. The van der Waals surface area contributed by atoms with E-state index < -0.39 is 67.1 Å². The molecule has 0 saturated carbocycles. The van der Waals surface area contributed by atoms with Gasteiger partial charge in [-0.05, 0) is 19.4 Å². The average Bonchev–Trinajstić information content (AvgIpc) is 2.56. The Morgan fingerprint density at radius 3 is 2.52 bits per heavy atom. The van der Waals surface area contributed by atoms with Gasteiger partial charge in [-0.3, -0.25) is 4.79 Å². The summed E-state index contributed by atoms with van der Waals surface area (Å²) < 4.78 is 10.1. The van der Waals surface area contributed by atoms with Crippen molar-refractivity contribution < 1.29 is 44.6 Å². The molecular weight excluding hydrogens is 364 g/mol. The minimum Gasteiger partial charge on any atom is -0.477 e. The van der Waals surface area contributed by atoms with Gasteiger partial charge in [-0.1, -0.05) is 6.92 Å². The molecule has 1 heterocycles. The van der Waals surface area contributed by atoms with Crippen molar-refractivity contribution in [3.63, 3.8) is 0 Å². The first-order chi connectivity index (χ1) is 12.5. The first-order valence-corrected chi connectivity index (χ1v) is 8.82. The van der Waals surface area contributed by atoms with Crippen LogP contribution in [0.15, 0.2) is 0 Å². The molecule has 9 N–H and O–H groups in total. The monoisotopic (exact) mass is 394 g/mol. The van der Waals surface area contributed by atoms with E-state index in [0.717, 1.165) is 0 Å². The van der Waals surface area contributed by atoms with Crippen molar-refractivity contribution in [1.82, 2.24) is 0 Å². The topological polar surface area (TPSA) is 206 Å². The molecule has 4 unspecified atom stereocenters. The Hall–Kier alpha value is -1.34. The van der Waals surface area contributed by atoms with Crippen LogP contribution in [-0.2, 0) is 19.1 Å². The predicted octanol–water partition coefficient (Wildman–Crippen LogP) is -2.53. The number of ether oxygens (including phenoxy) is 2. The Balaban J connectivity index is 2.68. The third kappa shape index (κ3) is 6.64. The number of carboxylic acid groups (broad SMARTS) is 1. The largest absolute Gasteiger partial charge is 0.477 e. The molecule has 11 nitrogen and oxygen atoms in total. The van der Waals surface area contributed by atoms with Crippen LogP contribution >= 0.6 is 0 Å². The lowest BCUT2D eigenvalue weighted by molar-refractivity contribution is -0.296. The van der Waals surface area contributed by atoms with Crippen LogP contribution in [0.25, 0.3) is 0 Å². The van der Waals surface area contributed by atoms with Crippen molar-refractivity contribution in [3.05, 3.63) is 0 Å². The summed E-state index contributed by atoms with van der Waals surface area (Å²) in [6.07, 6.45) is -5.45. The van der Waals surface area contributed by atoms with E-state index in [1.807, 2.05) is 0 Å². The predicted molar refractivity (Wildman–Crippen MR) is 90.8 cm³/mol. The fourth-order valence-electron chi connectivity index (χ4n) is 3.03. The first kappa shape index (κ1) is 23.7. The minimum absolute atomic E-state index is 0.323. The highest BCUT2D eigenvalue weighted by Gasteiger charge is 2.52. The van der Waals surface area contributed by atoms with Gasteiger partial charge in [0.05, 0.1) is 30.1 Å². The van der Waals surface area contributed by atoms with Crippen LogP contribution in [0.2, 0.25) is 0 Å². The molecule has 158 valence electrons. The first-order valence-electron chi connectivity index (χ1n) is 8.82. The van der Waals surface area contributed by atoms with E-state index in [0.29, 0.717) is 19.4 Å². The molecule has 27 heavy (non-hydrogen) atoms. The number of aliphatic carboxylic acids is 1. The SMILES string of the molecule is C[C@H](CCCN)C(=O)OC[C@@H](O)CC1OC(O)(C(=O)O)CC(O)C1[C@@H](N)O. The van der Waals surface area contributed by atoms with Crippen molar-refractivity contribution in [2.45, 2.75) is 62.9 Å². The fourth-order valence-corrected chi connectivity index (χ4v) is 3.03. The Morgan fingerprint density at radius 1 is 1.37 bits per heavy atom. The van der Waals surface area contributed by atoms with Gasteiger partial charge in [-0.2, -0.15) is 0 Å². The second-order valence-corrected chi connectivity index (χ2v) is 6.94. The number of carbonyl (C=O) groups excluding carboxylic acids is 1. The second-order valence-electron chi connectivity index (χ2n) is 6.94. The number of carbonyl (C=O) groups is 2. The molecule has 1 rings (SSSR count). The highest BCUT2D eigenvalue weighted by atomic mass is 16.7. The number of esters is 1. The van der Waals surface area contributed by atoms with Crippen LogP contribution < -0.4 is 11.5 Å². The highest BCUT2D eigenvalue weighted by Crippen LogP contribution is 2.35. The van der Waals surface area contributed by atoms with Crippen molar-refractivity contribution in [2.24, 2.45) is 23.3 Å². The zero-order valence-electron chi connectivity index (χ0n) is 15.2. The van der Waals surface area contributed by atoms with Gasteiger partial charge >= 0.3 is 11.9 Å². The standard InChI is InChI=1S/C16H30N2O9/c1-8(3-2-4-17)14(22)26-7-9(19)5-11-12(13(18)21)10(20)6-16(25,27-11)15(23)24/h8-13,19-21,25H,2-7,17-18H2,1H3,(H,23,24)/t8-,9+,10?,11?,12?,13+,16?/m1/s1. The summed E-state index contributed by atoms with van der Waals surface area (Å²) in [4.78, 5) is 23.0. The molecule has 1 saturated heterocycles. The van der Waals surface area contributed by atoms with Gasteiger partial charge < -0.3 is 46.5 Å². The molecule has 11 heteroatoms. The van der Waals surface area contributed by atoms with Crippen LogP contribution in [0.1, 0.15) is 32.6 Å². The molecule has 7 atom stereocenters. The summed E-state index contributed by atoms with van der Waals surface area (Å²) in [7, 11) is 0. The fraction of sp³-hybridized carbons (Fsp3) is 0.875. The van der Waals surface area contributed by atoms with Crippen LogP contribution in [0.3, 0.4) is 0 Å². The van der Waals surface area contributed by atoms with E-state index in [9.17, 15) is 30.0 Å². The average molecular weight is 394 g/mol. The van der Waals surface area contributed by atoms with E-state index in [2.05, 4.69) is 0 Å². The maximum atomic E-state index is 11.8. The second kappa shape index (κ2) is 10.3. The molecule has 1 aliphatic heterocycles. The van der Waals surface area contributed by atoms with Crippen molar-refractivity contribution in [2.75, 3.05) is 13.2 Å². The van der Waals surface area contributed by atoms with Crippen LogP contribution in [0, 0.1) is 11.8 Å². The van der Waals surface area contributed by atoms with E-state index >= 15 is 0 Å². The molecule has 1 aliphatic rings. The number of aliphatic hydroxyl groups excluding tert-OH is 3. The Kier molecular flexibility index (Phi) is 9.02. The van der Waals surface area contributed by atoms with Gasteiger partial charge in [0.25, 0.3) is 5.79 Å². The van der Waals surface area contributed by atoms with Gasteiger partial charge in [0.1, 0.15) is 12.8 Å². The Labute approximate surface area is 156 Å². The van der Waals surface area contributed by atoms with Crippen molar-refractivity contribution in [3.8, 4) is 0 Å². The lowest BCUT2D eigenvalue weighted by Gasteiger charge is -2.43. The summed E-state index contributed by atoms with van der Waals surface area (Å²) in [5.41, 5.74) is 10.8. The van der Waals surface area contributed by atoms with E-state index in [1.54, 1.807) is 6.92 Å². The summed E-state index contributed by atoms with van der Waals surface area (Å²) in [6, 6.07) is 0. The normalized spacial score (nSPS) is 31.7. The third-order valence-corrected chi connectivity index (χ3v) is 4.60. The smallest absolute Gasteiger partial charge is 0.364 e. The van der Waals surface area contributed by atoms with Crippen LogP contribution in [0.4, 0.5) is 0 Å². The van der Waals surface area contributed by atoms with Gasteiger partial charge in [0.2, 0.25) is 0 Å². The van der Waals surface area contributed by atoms with Crippen LogP contribution in [0.5, 0.6) is 0 Å². The summed E-state index contributed by atoms with van der Waals surface area (Å²) in [5.74, 6) is -6.46. The maximum absolute atomic E-state index is 11.8. The summed E-state index contributed by atoms with van der Waals surface area (Å²) in [5, 5.41) is 48.9.